The van der Waals surface area contributed by atoms with E-state index in [1.165, 1.54) is 12.0 Å². The van der Waals surface area contributed by atoms with Crippen LogP contribution in [0.5, 0.6) is 5.75 Å². The van der Waals surface area contributed by atoms with Gasteiger partial charge in [0.05, 0.1) is 12.8 Å². The number of carbonyl (C=O) groups is 3. The first kappa shape index (κ1) is 25.5. The molecule has 1 saturated carbocycles. The molecule has 0 saturated heterocycles. The van der Waals surface area contributed by atoms with Crippen LogP contribution < -0.4 is 26.4 Å². The summed E-state index contributed by atoms with van der Waals surface area (Å²) in [5.41, 5.74) is 12.1. The van der Waals surface area contributed by atoms with Crippen molar-refractivity contribution in [1.29, 1.82) is 0 Å². The van der Waals surface area contributed by atoms with Gasteiger partial charge in [-0.15, -0.1) is 0 Å². The minimum atomic E-state index is -1.07. The maximum absolute atomic E-state index is 14.0. The number of carbonyl (C=O) groups excluding carboxylic acids is 3. The van der Waals surface area contributed by atoms with Crippen molar-refractivity contribution in [1.82, 2.24) is 9.69 Å². The van der Waals surface area contributed by atoms with Crippen molar-refractivity contribution < 1.29 is 19.1 Å². The van der Waals surface area contributed by atoms with E-state index in [0.717, 1.165) is 37.2 Å². The van der Waals surface area contributed by atoms with Crippen LogP contribution in [0, 0.1) is 0 Å². The molecule has 4 rings (SSSR count). The fraction of sp³-hybridized carbons (Fsp3) is 0.280. The topological polar surface area (TPSA) is 141 Å². The molecule has 1 aliphatic carbocycles. The van der Waals surface area contributed by atoms with Crippen molar-refractivity contribution in [2.24, 2.45) is 5.73 Å². The average Bonchev–Trinajstić information content (AvgIpc) is 3.52. The Kier molecular flexibility index (Phi) is 7.76. The number of nitrogens with zero attached hydrogens (tertiary/aromatic N) is 2. The summed E-state index contributed by atoms with van der Waals surface area (Å²) in [4.78, 5) is 40.9. The van der Waals surface area contributed by atoms with E-state index in [4.69, 9.17) is 27.8 Å². The number of hydrogen-bond acceptors (Lipinski definition) is 7. The quantitative estimate of drug-likeness (QED) is 0.405. The number of nitrogens with two attached hydrogens (primary N) is 2. The number of halogens is 1. The third-order valence-electron chi connectivity index (χ3n) is 6.10. The molecule has 0 radical (unpaired) electrons. The van der Waals surface area contributed by atoms with Crippen LogP contribution in [0.25, 0.3) is 0 Å². The average molecular weight is 528 g/mol. The van der Waals surface area contributed by atoms with E-state index in [-0.39, 0.29) is 28.2 Å². The van der Waals surface area contributed by atoms with E-state index in [0.29, 0.717) is 22.0 Å². The smallest absolute Gasteiger partial charge is 0.273 e. The molecule has 1 atom stereocenters. The lowest BCUT2D eigenvalue weighted by molar-refractivity contribution is -0.123. The lowest BCUT2D eigenvalue weighted by Gasteiger charge is -2.32. The minimum Gasteiger partial charge on any atom is -0.497 e. The molecule has 1 unspecified atom stereocenters. The van der Waals surface area contributed by atoms with Gasteiger partial charge >= 0.3 is 0 Å². The van der Waals surface area contributed by atoms with Crippen LogP contribution in [0.2, 0.25) is 5.02 Å². The summed E-state index contributed by atoms with van der Waals surface area (Å²) < 4.78 is 9.34. The van der Waals surface area contributed by atoms with Gasteiger partial charge < -0.3 is 21.5 Å². The molecular formula is C25H26ClN5O4S. The lowest BCUT2D eigenvalue weighted by atomic mass is 10.0. The number of methoxy groups -OCH3 is 1. The number of hydrogen-bond donors (Lipinski definition) is 3. The molecule has 11 heteroatoms. The summed E-state index contributed by atoms with van der Waals surface area (Å²) in [5.74, 6) is -1.30. The van der Waals surface area contributed by atoms with Crippen LogP contribution in [0.3, 0.4) is 0 Å². The van der Waals surface area contributed by atoms with Crippen molar-refractivity contribution in [3.8, 4) is 5.75 Å². The lowest BCUT2D eigenvalue weighted by Crippen LogP contribution is -2.46. The van der Waals surface area contributed by atoms with Gasteiger partial charge in [-0.25, -0.2) is 0 Å². The van der Waals surface area contributed by atoms with Crippen molar-refractivity contribution in [3.05, 3.63) is 69.7 Å². The first-order valence-corrected chi connectivity index (χ1v) is 12.5. The van der Waals surface area contributed by atoms with Crippen LogP contribution in [-0.2, 0) is 4.79 Å². The maximum Gasteiger partial charge on any atom is 0.273 e. The molecule has 0 spiro atoms. The normalized spacial score (nSPS) is 14.3. The standard InChI is InChI=1S/C25H26ClN5O4S/c1-35-18-8-4-7-17(13-18)31(25(34)22-19(27)20(23(28)32)30-36-22)21(14-9-11-15(26)12-10-14)24(33)29-16-5-2-3-6-16/h4,7-13,16,21H,2-3,5-6,27H2,1H3,(H2,28,32)(H,29,33). The fourth-order valence-electron chi connectivity index (χ4n) is 4.30. The number of primary amides is 1. The summed E-state index contributed by atoms with van der Waals surface area (Å²) in [6.07, 6.45) is 3.80. The highest BCUT2D eigenvalue weighted by atomic mass is 35.5. The van der Waals surface area contributed by atoms with Gasteiger partial charge in [0, 0.05) is 22.8 Å². The maximum atomic E-state index is 14.0. The Morgan fingerprint density at radius 1 is 1.17 bits per heavy atom. The second-order valence-corrected chi connectivity index (χ2v) is 9.67. The Hall–Kier alpha value is -3.63. The summed E-state index contributed by atoms with van der Waals surface area (Å²) >= 11 is 6.87. The van der Waals surface area contributed by atoms with Gasteiger partial charge in [0.25, 0.3) is 11.8 Å². The van der Waals surface area contributed by atoms with Crippen LogP contribution in [0.15, 0.2) is 48.5 Å². The Morgan fingerprint density at radius 3 is 2.47 bits per heavy atom. The molecule has 9 nitrogen and oxygen atoms in total. The highest BCUT2D eigenvalue weighted by molar-refractivity contribution is 7.09. The molecule has 3 amide bonds. The zero-order chi connectivity index (χ0) is 25.8. The van der Waals surface area contributed by atoms with E-state index < -0.39 is 17.9 Å². The Balaban J connectivity index is 1.86. The number of rotatable bonds is 8. The van der Waals surface area contributed by atoms with Crippen LogP contribution >= 0.6 is 23.1 Å². The SMILES string of the molecule is COc1cccc(N(C(=O)c2snc(C(N)=O)c2N)C(C(=O)NC2CCCC2)c2ccc(Cl)cc2)c1. The van der Waals surface area contributed by atoms with E-state index >= 15 is 0 Å². The number of aromatic nitrogens is 1. The minimum absolute atomic E-state index is 0.000695. The van der Waals surface area contributed by atoms with Crippen molar-refractivity contribution in [2.75, 3.05) is 17.7 Å². The second kappa shape index (κ2) is 11.0. The molecule has 1 heterocycles. The van der Waals surface area contributed by atoms with E-state index in [1.54, 1.807) is 48.5 Å². The Morgan fingerprint density at radius 2 is 1.86 bits per heavy atom. The number of amides is 3. The predicted molar refractivity (Wildman–Crippen MR) is 139 cm³/mol. The van der Waals surface area contributed by atoms with Crippen LogP contribution in [-0.4, -0.2) is 35.2 Å². The molecule has 0 aliphatic heterocycles. The molecule has 36 heavy (non-hydrogen) atoms. The van der Waals surface area contributed by atoms with Crippen molar-refractivity contribution >= 4 is 52.2 Å². The molecule has 188 valence electrons. The van der Waals surface area contributed by atoms with Gasteiger partial charge in [0.1, 0.15) is 16.7 Å². The third-order valence-corrected chi connectivity index (χ3v) is 7.20. The zero-order valence-corrected chi connectivity index (χ0v) is 21.1. The highest BCUT2D eigenvalue weighted by Crippen LogP contribution is 2.35. The number of anilines is 2. The monoisotopic (exact) mass is 527 g/mol. The summed E-state index contributed by atoms with van der Waals surface area (Å²) in [6, 6.07) is 12.5. The number of nitrogens with one attached hydrogen (secondary N) is 1. The molecule has 1 aliphatic rings. The second-order valence-electron chi connectivity index (χ2n) is 8.46. The van der Waals surface area contributed by atoms with Gasteiger partial charge in [0.15, 0.2) is 5.69 Å². The number of ether oxygens (including phenoxy) is 1. The van der Waals surface area contributed by atoms with E-state index in [9.17, 15) is 14.4 Å². The van der Waals surface area contributed by atoms with Crippen LogP contribution in [0.1, 0.15) is 57.4 Å². The van der Waals surface area contributed by atoms with E-state index in [1.807, 2.05) is 0 Å². The summed E-state index contributed by atoms with van der Waals surface area (Å²) in [5, 5.41) is 3.59. The molecule has 3 aromatic rings. The predicted octanol–water partition coefficient (Wildman–Crippen LogP) is 3.93. The summed E-state index contributed by atoms with van der Waals surface area (Å²) in [7, 11) is 1.51. The summed E-state index contributed by atoms with van der Waals surface area (Å²) in [6.45, 7) is 0. The van der Waals surface area contributed by atoms with Gasteiger partial charge in [0.2, 0.25) is 5.91 Å². The first-order chi connectivity index (χ1) is 17.3. The van der Waals surface area contributed by atoms with Gasteiger partial charge in [-0.05, 0) is 54.2 Å². The fourth-order valence-corrected chi connectivity index (χ4v) is 5.16. The number of nitrogen functional groups attached to an aromatic ring is 1. The van der Waals surface area contributed by atoms with Crippen molar-refractivity contribution in [3.63, 3.8) is 0 Å². The molecule has 1 fully saturated rings. The molecular weight excluding hydrogens is 502 g/mol. The number of benzene rings is 2. The zero-order valence-electron chi connectivity index (χ0n) is 19.6. The van der Waals surface area contributed by atoms with Gasteiger partial charge in [-0.1, -0.05) is 42.6 Å². The largest absolute Gasteiger partial charge is 0.497 e. The first-order valence-electron chi connectivity index (χ1n) is 11.4. The highest BCUT2D eigenvalue weighted by Gasteiger charge is 2.37. The van der Waals surface area contributed by atoms with Crippen LogP contribution in [0.4, 0.5) is 11.4 Å². The molecule has 5 N–H and O–H groups in total. The van der Waals surface area contributed by atoms with Gasteiger partial charge in [-0.2, -0.15) is 4.37 Å². The molecule has 0 bridgehead atoms. The third kappa shape index (κ3) is 5.29. The molecule has 1 aromatic heterocycles. The van der Waals surface area contributed by atoms with Crippen molar-refractivity contribution in [2.45, 2.75) is 37.8 Å². The Bertz CT molecular complexity index is 1270. The van der Waals surface area contributed by atoms with E-state index in [2.05, 4.69) is 9.69 Å². The van der Waals surface area contributed by atoms with Gasteiger partial charge in [-0.3, -0.25) is 19.3 Å². The molecule has 2 aromatic carbocycles. The Labute approximate surface area is 217 Å².